The van der Waals surface area contributed by atoms with Crippen LogP contribution in [0.3, 0.4) is 0 Å². The third kappa shape index (κ3) is 7.57. The second-order valence-corrected chi connectivity index (χ2v) is 7.86. The van der Waals surface area contributed by atoms with Crippen LogP contribution in [0.4, 0.5) is 11.4 Å². The van der Waals surface area contributed by atoms with Crippen LogP contribution in [-0.4, -0.2) is 37.7 Å². The number of hydrogen-bond donors (Lipinski definition) is 3. The molecule has 0 aromatic heterocycles. The molecule has 0 saturated carbocycles. The number of amides is 3. The Morgan fingerprint density at radius 2 is 1.75 bits per heavy atom. The number of rotatable bonds is 9. The highest BCUT2D eigenvalue weighted by molar-refractivity contribution is 6.39. The van der Waals surface area contributed by atoms with Gasteiger partial charge in [0, 0.05) is 16.4 Å². The fourth-order valence-corrected chi connectivity index (χ4v) is 3.33. The Morgan fingerprint density at radius 1 is 0.944 bits per heavy atom. The monoisotopic (exact) mass is 508 g/mol. The van der Waals surface area contributed by atoms with Crippen LogP contribution in [0.15, 0.2) is 71.8 Å². The molecule has 3 N–H and O–H groups in total. The van der Waals surface area contributed by atoms with E-state index in [0.717, 1.165) is 5.56 Å². The number of carbonyl (C=O) groups is 3. The van der Waals surface area contributed by atoms with Crippen molar-refractivity contribution in [3.63, 3.8) is 0 Å². The molecule has 3 rings (SSSR count). The molecule has 186 valence electrons. The van der Waals surface area contributed by atoms with Gasteiger partial charge in [-0.25, -0.2) is 5.43 Å². The summed E-state index contributed by atoms with van der Waals surface area (Å²) < 4.78 is 10.9. The van der Waals surface area contributed by atoms with Gasteiger partial charge in [-0.05, 0) is 60.0 Å². The van der Waals surface area contributed by atoms with Gasteiger partial charge in [-0.15, -0.1) is 0 Å². The second kappa shape index (κ2) is 12.9. The fourth-order valence-electron chi connectivity index (χ4n) is 3.14. The zero-order chi connectivity index (χ0) is 25.9. The molecule has 0 atom stereocenters. The number of methoxy groups -OCH3 is 1. The van der Waals surface area contributed by atoms with Crippen molar-refractivity contribution in [2.24, 2.45) is 5.10 Å². The second-order valence-electron chi connectivity index (χ2n) is 7.42. The SMILES string of the molecule is CCc1ccccc1NC(=O)C(=O)N/N=C\c1ccc(OCC(=O)Nc2cccc(Cl)c2)c(OC)c1. The first-order valence-electron chi connectivity index (χ1n) is 11.0. The van der Waals surface area contributed by atoms with Crippen LogP contribution in [0.1, 0.15) is 18.1 Å². The number of hydrogen-bond acceptors (Lipinski definition) is 6. The zero-order valence-electron chi connectivity index (χ0n) is 19.7. The highest BCUT2D eigenvalue weighted by Crippen LogP contribution is 2.27. The summed E-state index contributed by atoms with van der Waals surface area (Å²) in [4.78, 5) is 36.4. The molecule has 0 spiro atoms. The lowest BCUT2D eigenvalue weighted by Crippen LogP contribution is -2.32. The van der Waals surface area contributed by atoms with E-state index in [9.17, 15) is 14.4 Å². The van der Waals surface area contributed by atoms with Crippen LogP contribution in [0.25, 0.3) is 0 Å². The minimum Gasteiger partial charge on any atom is -0.493 e. The van der Waals surface area contributed by atoms with Gasteiger partial charge in [0.05, 0.1) is 13.3 Å². The summed E-state index contributed by atoms with van der Waals surface area (Å²) in [6.07, 6.45) is 2.06. The molecule has 0 saturated heterocycles. The van der Waals surface area contributed by atoms with Crippen LogP contribution in [0.5, 0.6) is 11.5 Å². The standard InChI is InChI=1S/C26H25ClN4O5/c1-3-18-7-4-5-10-21(18)30-25(33)26(34)31-28-15-17-11-12-22(23(13-17)35-2)36-16-24(32)29-20-9-6-8-19(27)14-20/h4-15H,3,16H2,1-2H3,(H,29,32)(H,30,33)(H,31,34)/b28-15-. The molecule has 10 heteroatoms. The van der Waals surface area contributed by atoms with Gasteiger partial charge >= 0.3 is 11.8 Å². The molecular formula is C26H25ClN4O5. The molecular weight excluding hydrogens is 484 g/mol. The Bertz CT molecular complexity index is 1280. The maximum atomic E-state index is 12.2. The Hall–Kier alpha value is -4.37. The lowest BCUT2D eigenvalue weighted by atomic mass is 10.1. The van der Waals surface area contributed by atoms with Crippen molar-refractivity contribution < 1.29 is 23.9 Å². The molecule has 3 aromatic carbocycles. The van der Waals surface area contributed by atoms with Crippen molar-refractivity contribution in [3.05, 3.63) is 82.9 Å². The number of nitrogens with zero attached hydrogens (tertiary/aromatic N) is 1. The number of carbonyl (C=O) groups excluding carboxylic acids is 3. The van der Waals surface area contributed by atoms with Gasteiger partial charge in [-0.2, -0.15) is 5.10 Å². The number of ether oxygens (including phenoxy) is 2. The van der Waals surface area contributed by atoms with Crippen molar-refractivity contribution in [3.8, 4) is 11.5 Å². The van der Waals surface area contributed by atoms with Gasteiger partial charge in [-0.1, -0.05) is 42.8 Å². The Kier molecular flexibility index (Phi) is 9.41. The topological polar surface area (TPSA) is 118 Å². The molecule has 0 aliphatic heterocycles. The molecule has 0 aliphatic carbocycles. The molecule has 0 fully saturated rings. The average molecular weight is 509 g/mol. The summed E-state index contributed by atoms with van der Waals surface area (Å²) >= 11 is 5.92. The molecule has 0 radical (unpaired) electrons. The summed E-state index contributed by atoms with van der Waals surface area (Å²) in [6, 6.07) is 18.9. The fraction of sp³-hybridized carbons (Fsp3) is 0.154. The highest BCUT2D eigenvalue weighted by atomic mass is 35.5. The van der Waals surface area contributed by atoms with Gasteiger partial charge in [0.2, 0.25) is 0 Å². The lowest BCUT2D eigenvalue weighted by Gasteiger charge is -2.11. The van der Waals surface area contributed by atoms with Crippen LogP contribution < -0.4 is 25.5 Å². The quantitative estimate of drug-likeness (QED) is 0.229. The Balaban J connectivity index is 1.53. The maximum absolute atomic E-state index is 12.2. The molecule has 0 unspecified atom stereocenters. The van der Waals surface area contributed by atoms with E-state index in [0.29, 0.717) is 39.9 Å². The number of hydrazone groups is 1. The van der Waals surface area contributed by atoms with Crippen molar-refractivity contribution >= 4 is 46.9 Å². The first kappa shape index (κ1) is 26.2. The molecule has 3 aromatic rings. The van der Waals surface area contributed by atoms with E-state index < -0.39 is 11.8 Å². The van der Waals surface area contributed by atoms with E-state index in [1.54, 1.807) is 54.6 Å². The van der Waals surface area contributed by atoms with Gasteiger partial charge in [0.1, 0.15) is 0 Å². The van der Waals surface area contributed by atoms with Crippen molar-refractivity contribution in [1.82, 2.24) is 5.43 Å². The number of aryl methyl sites for hydroxylation is 1. The first-order chi connectivity index (χ1) is 17.4. The van der Waals surface area contributed by atoms with E-state index in [1.165, 1.54) is 13.3 Å². The van der Waals surface area contributed by atoms with Gasteiger partial charge in [-0.3, -0.25) is 14.4 Å². The highest BCUT2D eigenvalue weighted by Gasteiger charge is 2.14. The summed E-state index contributed by atoms with van der Waals surface area (Å²) in [5.74, 6) is -1.41. The van der Waals surface area contributed by atoms with Crippen LogP contribution >= 0.6 is 11.6 Å². The predicted molar refractivity (Wildman–Crippen MR) is 139 cm³/mol. The van der Waals surface area contributed by atoms with E-state index in [1.807, 2.05) is 19.1 Å². The van der Waals surface area contributed by atoms with Crippen LogP contribution in [-0.2, 0) is 20.8 Å². The molecule has 9 nitrogen and oxygen atoms in total. The van der Waals surface area contributed by atoms with Crippen molar-refractivity contribution in [2.45, 2.75) is 13.3 Å². The van der Waals surface area contributed by atoms with E-state index >= 15 is 0 Å². The Morgan fingerprint density at radius 3 is 2.50 bits per heavy atom. The lowest BCUT2D eigenvalue weighted by molar-refractivity contribution is -0.136. The van der Waals surface area contributed by atoms with E-state index in [4.69, 9.17) is 21.1 Å². The zero-order valence-corrected chi connectivity index (χ0v) is 20.5. The molecule has 3 amide bonds. The number of benzene rings is 3. The number of anilines is 2. The van der Waals surface area contributed by atoms with Crippen molar-refractivity contribution in [2.75, 3.05) is 24.4 Å². The van der Waals surface area contributed by atoms with Crippen LogP contribution in [0.2, 0.25) is 5.02 Å². The Labute approximate surface area is 213 Å². The minimum absolute atomic E-state index is 0.247. The van der Waals surface area contributed by atoms with Crippen molar-refractivity contribution in [1.29, 1.82) is 0 Å². The first-order valence-corrected chi connectivity index (χ1v) is 11.4. The van der Waals surface area contributed by atoms with Gasteiger partial charge < -0.3 is 20.1 Å². The van der Waals surface area contributed by atoms with Gasteiger partial charge in [0.15, 0.2) is 18.1 Å². The molecule has 0 aliphatic rings. The third-order valence-corrected chi connectivity index (χ3v) is 5.12. The van der Waals surface area contributed by atoms with Crippen LogP contribution in [0, 0.1) is 0 Å². The average Bonchev–Trinajstić information content (AvgIpc) is 2.88. The molecule has 0 heterocycles. The van der Waals surface area contributed by atoms with E-state index in [-0.39, 0.29) is 12.5 Å². The summed E-state index contributed by atoms with van der Waals surface area (Å²) in [7, 11) is 1.45. The smallest absolute Gasteiger partial charge is 0.329 e. The van der Waals surface area contributed by atoms with Gasteiger partial charge in [0.25, 0.3) is 5.91 Å². The summed E-state index contributed by atoms with van der Waals surface area (Å²) in [6.45, 7) is 1.71. The number of para-hydroxylation sites is 1. The predicted octanol–water partition coefficient (Wildman–Crippen LogP) is 4.02. The summed E-state index contributed by atoms with van der Waals surface area (Å²) in [5, 5.41) is 9.59. The maximum Gasteiger partial charge on any atom is 0.329 e. The third-order valence-electron chi connectivity index (χ3n) is 4.89. The normalized spacial score (nSPS) is 10.5. The summed E-state index contributed by atoms with van der Waals surface area (Å²) in [5.41, 5.74) is 4.81. The number of halogens is 1. The minimum atomic E-state index is -0.908. The molecule has 36 heavy (non-hydrogen) atoms. The number of nitrogens with one attached hydrogen (secondary N) is 3. The largest absolute Gasteiger partial charge is 0.493 e. The van der Waals surface area contributed by atoms with E-state index in [2.05, 4.69) is 21.2 Å². The molecule has 0 bridgehead atoms.